The zero-order valence-electron chi connectivity index (χ0n) is 18.8. The molecule has 1 aromatic carbocycles. The highest BCUT2D eigenvalue weighted by Gasteiger charge is 2.24. The van der Waals surface area contributed by atoms with Crippen molar-refractivity contribution in [1.82, 2.24) is 20.4 Å². The summed E-state index contributed by atoms with van der Waals surface area (Å²) in [6.07, 6.45) is 1.09. The van der Waals surface area contributed by atoms with Gasteiger partial charge in [-0.1, -0.05) is 12.1 Å². The van der Waals surface area contributed by atoms with Crippen molar-refractivity contribution in [2.45, 2.75) is 13.0 Å². The molecule has 0 aliphatic carbocycles. The van der Waals surface area contributed by atoms with E-state index in [0.29, 0.717) is 37.8 Å². The van der Waals surface area contributed by atoms with E-state index < -0.39 is 0 Å². The predicted octanol–water partition coefficient (Wildman–Crippen LogP) is 1.04. The fourth-order valence-corrected chi connectivity index (χ4v) is 3.38. The minimum Gasteiger partial charge on any atom is -0.382 e. The van der Waals surface area contributed by atoms with Gasteiger partial charge in [0.15, 0.2) is 5.96 Å². The van der Waals surface area contributed by atoms with Crippen LogP contribution in [0.25, 0.3) is 0 Å². The van der Waals surface area contributed by atoms with E-state index in [9.17, 15) is 4.79 Å². The summed E-state index contributed by atoms with van der Waals surface area (Å²) >= 11 is 0. The summed E-state index contributed by atoms with van der Waals surface area (Å²) in [5.41, 5.74) is 1.73. The maximum absolute atomic E-state index is 12.3. The summed E-state index contributed by atoms with van der Waals surface area (Å²) in [6.45, 7) is 5.99. The van der Waals surface area contributed by atoms with Gasteiger partial charge in [0.05, 0.1) is 19.8 Å². The Labute approximate surface area is 180 Å². The van der Waals surface area contributed by atoms with Crippen LogP contribution in [0.1, 0.15) is 22.3 Å². The minimum atomic E-state index is -0.0426. The number of likely N-dealkylation sites (tertiary alicyclic amines) is 1. The molecule has 168 valence electrons. The molecule has 0 radical (unpaired) electrons. The lowest BCUT2D eigenvalue weighted by Gasteiger charge is -2.22. The number of rotatable bonds is 11. The van der Waals surface area contributed by atoms with E-state index in [1.807, 2.05) is 43.3 Å². The summed E-state index contributed by atoms with van der Waals surface area (Å²) in [5.74, 6) is 1.35. The van der Waals surface area contributed by atoms with Crippen LogP contribution in [0.4, 0.5) is 0 Å². The summed E-state index contributed by atoms with van der Waals surface area (Å²) in [5, 5.41) is 6.38. The molecule has 2 N–H and O–H groups in total. The Bertz CT molecular complexity index is 680. The lowest BCUT2D eigenvalue weighted by Crippen LogP contribution is -2.40. The quantitative estimate of drug-likeness (QED) is 0.317. The second kappa shape index (κ2) is 13.2. The Morgan fingerprint density at radius 2 is 2.13 bits per heavy atom. The number of guanidine groups is 1. The highest BCUT2D eigenvalue weighted by molar-refractivity contribution is 5.94. The SMILES string of the molecule is CN=C(NCc1cccc(C(=O)NCCN(C)C)c1)N1CCC(COCCOC)C1. The van der Waals surface area contributed by atoms with Gasteiger partial charge in [0.1, 0.15) is 0 Å². The van der Waals surface area contributed by atoms with Crippen molar-refractivity contribution in [3.63, 3.8) is 0 Å². The molecule has 1 aromatic rings. The van der Waals surface area contributed by atoms with Crippen LogP contribution in [0.5, 0.6) is 0 Å². The van der Waals surface area contributed by atoms with Crippen LogP contribution < -0.4 is 10.6 Å². The highest BCUT2D eigenvalue weighted by Crippen LogP contribution is 2.17. The molecule has 1 unspecified atom stereocenters. The van der Waals surface area contributed by atoms with Crippen molar-refractivity contribution in [3.8, 4) is 0 Å². The minimum absolute atomic E-state index is 0.0426. The fraction of sp³-hybridized carbons (Fsp3) is 0.636. The van der Waals surface area contributed by atoms with E-state index >= 15 is 0 Å². The molecular formula is C22H37N5O3. The molecule has 1 aliphatic heterocycles. The number of carbonyl (C=O) groups excluding carboxylic acids is 1. The van der Waals surface area contributed by atoms with E-state index in [0.717, 1.165) is 44.2 Å². The van der Waals surface area contributed by atoms with E-state index in [1.165, 1.54) is 0 Å². The van der Waals surface area contributed by atoms with Gasteiger partial charge in [-0.05, 0) is 38.2 Å². The van der Waals surface area contributed by atoms with Gasteiger partial charge in [0.25, 0.3) is 5.91 Å². The smallest absolute Gasteiger partial charge is 0.251 e. The van der Waals surface area contributed by atoms with Gasteiger partial charge >= 0.3 is 0 Å². The van der Waals surface area contributed by atoms with Crippen LogP contribution in [0.2, 0.25) is 0 Å². The first-order valence-electron chi connectivity index (χ1n) is 10.6. The zero-order valence-corrected chi connectivity index (χ0v) is 18.8. The number of amides is 1. The first-order valence-corrected chi connectivity index (χ1v) is 10.6. The number of methoxy groups -OCH3 is 1. The number of nitrogens with zero attached hydrogens (tertiary/aromatic N) is 3. The standard InChI is InChI=1S/C22H37N5O3/c1-23-22(27-10-8-19(16-27)17-30-13-12-29-4)25-15-18-6-5-7-20(14-18)21(28)24-9-11-26(2)3/h5-7,14,19H,8-13,15-17H2,1-4H3,(H,23,25)(H,24,28). The first kappa shape index (κ1) is 24.1. The topological polar surface area (TPSA) is 78.4 Å². The van der Waals surface area contributed by atoms with E-state index in [4.69, 9.17) is 9.47 Å². The number of nitrogens with one attached hydrogen (secondary N) is 2. The Hall–Kier alpha value is -2.16. The normalized spacial score (nSPS) is 16.9. The van der Waals surface area contributed by atoms with Crippen molar-refractivity contribution in [2.75, 3.05) is 74.3 Å². The molecular weight excluding hydrogens is 382 g/mol. The number of hydrogen-bond donors (Lipinski definition) is 2. The number of hydrogen-bond acceptors (Lipinski definition) is 5. The Kier molecular flexibility index (Phi) is 10.6. The van der Waals surface area contributed by atoms with Crippen LogP contribution in [-0.4, -0.2) is 95.9 Å². The van der Waals surface area contributed by atoms with Crippen LogP contribution in [0.3, 0.4) is 0 Å². The first-order chi connectivity index (χ1) is 14.5. The summed E-state index contributed by atoms with van der Waals surface area (Å²) in [6, 6.07) is 7.72. The highest BCUT2D eigenvalue weighted by atomic mass is 16.5. The maximum Gasteiger partial charge on any atom is 0.251 e. The Morgan fingerprint density at radius 1 is 1.30 bits per heavy atom. The van der Waals surface area contributed by atoms with E-state index in [1.54, 1.807) is 14.2 Å². The molecule has 0 bridgehead atoms. The number of benzene rings is 1. The molecule has 0 aromatic heterocycles. The largest absolute Gasteiger partial charge is 0.382 e. The van der Waals surface area contributed by atoms with Gasteiger partial charge in [-0.2, -0.15) is 0 Å². The summed E-state index contributed by atoms with van der Waals surface area (Å²) in [4.78, 5) is 21.1. The van der Waals surface area contributed by atoms with Crippen LogP contribution >= 0.6 is 0 Å². The molecule has 2 rings (SSSR count). The molecule has 0 spiro atoms. The Balaban J connectivity index is 1.80. The van der Waals surface area contributed by atoms with Crippen molar-refractivity contribution >= 4 is 11.9 Å². The number of likely N-dealkylation sites (N-methyl/N-ethyl adjacent to an activating group) is 1. The third kappa shape index (κ3) is 8.30. The molecule has 1 fully saturated rings. The summed E-state index contributed by atoms with van der Waals surface area (Å²) in [7, 11) is 7.47. The third-order valence-corrected chi connectivity index (χ3v) is 5.07. The number of aliphatic imine (C=N–C) groups is 1. The van der Waals surface area contributed by atoms with Crippen molar-refractivity contribution in [3.05, 3.63) is 35.4 Å². The van der Waals surface area contributed by atoms with E-state index in [-0.39, 0.29) is 5.91 Å². The van der Waals surface area contributed by atoms with Gasteiger partial charge in [-0.25, -0.2) is 0 Å². The maximum atomic E-state index is 12.3. The van der Waals surface area contributed by atoms with Crippen molar-refractivity contribution < 1.29 is 14.3 Å². The molecule has 1 aliphatic rings. The molecule has 0 saturated carbocycles. The van der Waals surface area contributed by atoms with Gasteiger partial charge in [-0.15, -0.1) is 0 Å². The lowest BCUT2D eigenvalue weighted by atomic mass is 10.1. The van der Waals surface area contributed by atoms with Crippen LogP contribution in [0, 0.1) is 5.92 Å². The fourth-order valence-electron chi connectivity index (χ4n) is 3.38. The van der Waals surface area contributed by atoms with E-state index in [2.05, 4.69) is 20.5 Å². The number of carbonyl (C=O) groups is 1. The average molecular weight is 420 g/mol. The third-order valence-electron chi connectivity index (χ3n) is 5.07. The lowest BCUT2D eigenvalue weighted by molar-refractivity contribution is 0.0536. The molecule has 8 heteroatoms. The van der Waals surface area contributed by atoms with Gasteiger partial charge < -0.3 is 29.9 Å². The second-order valence-corrected chi connectivity index (χ2v) is 7.83. The molecule has 1 heterocycles. The molecule has 8 nitrogen and oxygen atoms in total. The molecule has 1 amide bonds. The van der Waals surface area contributed by atoms with Crippen LogP contribution in [0.15, 0.2) is 29.3 Å². The zero-order chi connectivity index (χ0) is 21.8. The Morgan fingerprint density at radius 3 is 2.87 bits per heavy atom. The average Bonchev–Trinajstić information content (AvgIpc) is 3.20. The molecule has 30 heavy (non-hydrogen) atoms. The van der Waals surface area contributed by atoms with Crippen LogP contribution in [-0.2, 0) is 16.0 Å². The van der Waals surface area contributed by atoms with Crippen molar-refractivity contribution in [2.24, 2.45) is 10.9 Å². The van der Waals surface area contributed by atoms with Gasteiger partial charge in [0.2, 0.25) is 0 Å². The predicted molar refractivity (Wildman–Crippen MR) is 120 cm³/mol. The van der Waals surface area contributed by atoms with Gasteiger partial charge in [-0.3, -0.25) is 9.79 Å². The molecule has 1 saturated heterocycles. The monoisotopic (exact) mass is 419 g/mol. The molecule has 1 atom stereocenters. The van der Waals surface area contributed by atoms with Crippen molar-refractivity contribution in [1.29, 1.82) is 0 Å². The second-order valence-electron chi connectivity index (χ2n) is 7.83. The summed E-state index contributed by atoms with van der Waals surface area (Å²) < 4.78 is 10.7. The van der Waals surface area contributed by atoms with Gasteiger partial charge in [0, 0.05) is 58.4 Å². The number of ether oxygens (including phenoxy) is 2.